The zero-order valence-corrected chi connectivity index (χ0v) is 26.2. The molecule has 0 aliphatic rings. The number of hydrogen-bond donors (Lipinski definition) is 0. The van der Waals surface area contributed by atoms with Gasteiger partial charge in [-0.25, -0.2) is 15.0 Å². The fourth-order valence-electron chi connectivity index (χ4n) is 6.34. The van der Waals surface area contributed by atoms with Crippen molar-refractivity contribution in [1.82, 2.24) is 15.0 Å². The third kappa shape index (κ3) is 5.05. The Morgan fingerprint density at radius 3 is 1.66 bits per heavy atom. The van der Waals surface area contributed by atoms with Gasteiger partial charge in [-0.15, -0.1) is 11.3 Å². The lowest BCUT2D eigenvalue weighted by Gasteiger charge is -2.10. The van der Waals surface area contributed by atoms with E-state index in [0.717, 1.165) is 22.3 Å². The molecule has 0 atom stereocenters. The highest BCUT2D eigenvalue weighted by molar-refractivity contribution is 7.26. The molecule has 0 aliphatic heterocycles. The maximum Gasteiger partial charge on any atom is 0.164 e. The zero-order valence-electron chi connectivity index (χ0n) is 25.3. The maximum atomic E-state index is 5.13. The molecule has 0 N–H and O–H groups in total. The molecule has 0 unspecified atom stereocenters. The number of thiophene rings is 1. The lowest BCUT2D eigenvalue weighted by atomic mass is 10.00. The molecule has 2 aromatic heterocycles. The van der Waals surface area contributed by atoms with Gasteiger partial charge < -0.3 is 0 Å². The van der Waals surface area contributed by atoms with Gasteiger partial charge in [-0.1, -0.05) is 146 Å². The maximum absolute atomic E-state index is 5.13. The third-order valence-corrected chi connectivity index (χ3v) is 9.86. The van der Waals surface area contributed by atoms with Gasteiger partial charge in [0.25, 0.3) is 0 Å². The van der Waals surface area contributed by atoms with Gasteiger partial charge in [0.2, 0.25) is 0 Å². The van der Waals surface area contributed by atoms with Crippen molar-refractivity contribution in [2.45, 2.75) is 0 Å². The highest BCUT2D eigenvalue weighted by atomic mass is 32.1. The molecule has 3 nitrogen and oxygen atoms in total. The van der Waals surface area contributed by atoms with E-state index >= 15 is 0 Å². The van der Waals surface area contributed by atoms with Crippen molar-refractivity contribution >= 4 is 42.3 Å². The van der Waals surface area contributed by atoms with Crippen molar-refractivity contribution < 1.29 is 0 Å². The lowest BCUT2D eigenvalue weighted by Crippen LogP contribution is -2.00. The molecule has 9 rings (SSSR count). The molecule has 47 heavy (non-hydrogen) atoms. The first-order valence-electron chi connectivity index (χ1n) is 15.7. The smallest absolute Gasteiger partial charge is 0.164 e. The van der Waals surface area contributed by atoms with Crippen LogP contribution in [0.4, 0.5) is 0 Å². The molecule has 7 aromatic carbocycles. The summed E-state index contributed by atoms with van der Waals surface area (Å²) < 4.78 is 2.46. The normalized spacial score (nSPS) is 11.4. The van der Waals surface area contributed by atoms with Crippen LogP contribution in [0.3, 0.4) is 0 Å². The number of nitrogens with zero attached hydrogens (tertiary/aromatic N) is 3. The molecule has 0 spiro atoms. The Hall–Kier alpha value is -5.97. The van der Waals surface area contributed by atoms with E-state index in [9.17, 15) is 0 Å². The molecule has 220 valence electrons. The van der Waals surface area contributed by atoms with E-state index in [1.165, 1.54) is 47.6 Å². The Morgan fingerprint density at radius 1 is 0.340 bits per heavy atom. The fourth-order valence-corrected chi connectivity index (χ4v) is 7.52. The van der Waals surface area contributed by atoms with Gasteiger partial charge in [0.05, 0.1) is 0 Å². The van der Waals surface area contributed by atoms with E-state index in [1.807, 2.05) is 29.5 Å². The van der Waals surface area contributed by atoms with Crippen LogP contribution in [0.1, 0.15) is 0 Å². The van der Waals surface area contributed by atoms with Crippen molar-refractivity contribution in [3.05, 3.63) is 164 Å². The Morgan fingerprint density at radius 2 is 0.894 bits per heavy atom. The minimum absolute atomic E-state index is 0.654. The largest absolute Gasteiger partial charge is 0.208 e. The van der Waals surface area contributed by atoms with Gasteiger partial charge in [0, 0.05) is 36.9 Å². The van der Waals surface area contributed by atoms with Crippen LogP contribution in [0.15, 0.2) is 164 Å². The SMILES string of the molecule is c1ccc(-c2ccc3c(c2)sc2cccc(-c4nc(-c5ccccc5)nc(-c5ccc(-c6ccc7ccccc7c6)cc5)n4)c23)cc1. The molecule has 0 saturated carbocycles. The van der Waals surface area contributed by atoms with Gasteiger partial charge in [-0.3, -0.25) is 0 Å². The zero-order chi connectivity index (χ0) is 31.2. The first-order chi connectivity index (χ1) is 23.3. The van der Waals surface area contributed by atoms with Crippen molar-refractivity contribution in [1.29, 1.82) is 0 Å². The minimum Gasteiger partial charge on any atom is -0.208 e. The average Bonchev–Trinajstić information content (AvgIpc) is 3.53. The summed E-state index contributed by atoms with van der Waals surface area (Å²) in [7, 11) is 0. The summed E-state index contributed by atoms with van der Waals surface area (Å²) in [5.41, 5.74) is 7.69. The van der Waals surface area contributed by atoms with Crippen LogP contribution in [0.5, 0.6) is 0 Å². The summed E-state index contributed by atoms with van der Waals surface area (Å²) in [5, 5.41) is 4.86. The molecule has 0 bridgehead atoms. The molecule has 2 heterocycles. The fraction of sp³-hybridized carbons (Fsp3) is 0. The van der Waals surface area contributed by atoms with E-state index < -0.39 is 0 Å². The number of fused-ring (bicyclic) bond motifs is 4. The van der Waals surface area contributed by atoms with Gasteiger partial charge in [-0.05, 0) is 51.2 Å². The van der Waals surface area contributed by atoms with E-state index in [2.05, 4.69) is 146 Å². The monoisotopic (exact) mass is 617 g/mol. The Bertz CT molecular complexity index is 2550. The van der Waals surface area contributed by atoms with Crippen LogP contribution in [0.2, 0.25) is 0 Å². The first-order valence-corrected chi connectivity index (χ1v) is 16.5. The summed E-state index contributed by atoms with van der Waals surface area (Å²) in [6.07, 6.45) is 0. The quantitative estimate of drug-likeness (QED) is 0.193. The summed E-state index contributed by atoms with van der Waals surface area (Å²) in [5.74, 6) is 1.99. The number of rotatable bonds is 5. The van der Waals surface area contributed by atoms with Crippen LogP contribution in [0, 0.1) is 0 Å². The summed E-state index contributed by atoms with van der Waals surface area (Å²) >= 11 is 1.81. The third-order valence-electron chi connectivity index (χ3n) is 8.74. The molecule has 0 fully saturated rings. The van der Waals surface area contributed by atoms with Crippen LogP contribution in [-0.4, -0.2) is 15.0 Å². The van der Waals surface area contributed by atoms with Crippen molar-refractivity contribution in [2.75, 3.05) is 0 Å². The molecule has 0 radical (unpaired) electrons. The Kier molecular flexibility index (Phi) is 6.65. The highest BCUT2D eigenvalue weighted by Gasteiger charge is 2.17. The second kappa shape index (κ2) is 11.4. The molecule has 0 amide bonds. The second-order valence-electron chi connectivity index (χ2n) is 11.7. The van der Waals surface area contributed by atoms with Crippen LogP contribution in [-0.2, 0) is 0 Å². The molecular weight excluding hydrogens is 591 g/mol. The molecule has 4 heteroatoms. The van der Waals surface area contributed by atoms with Crippen LogP contribution < -0.4 is 0 Å². The lowest BCUT2D eigenvalue weighted by molar-refractivity contribution is 1.08. The first kappa shape index (κ1) is 27.3. The number of aromatic nitrogens is 3. The van der Waals surface area contributed by atoms with E-state index in [-0.39, 0.29) is 0 Å². The number of benzene rings is 7. The Balaban J connectivity index is 1.17. The van der Waals surface area contributed by atoms with Crippen molar-refractivity contribution in [2.24, 2.45) is 0 Å². The predicted octanol–water partition coefficient (Wildman–Crippen LogP) is 11.7. The van der Waals surface area contributed by atoms with Crippen LogP contribution in [0.25, 0.3) is 87.4 Å². The number of hydrogen-bond acceptors (Lipinski definition) is 4. The van der Waals surface area contributed by atoms with Gasteiger partial charge in [0.1, 0.15) is 0 Å². The van der Waals surface area contributed by atoms with Gasteiger partial charge in [-0.2, -0.15) is 0 Å². The average molecular weight is 618 g/mol. The Labute approximate surface area is 276 Å². The minimum atomic E-state index is 0.654. The summed E-state index contributed by atoms with van der Waals surface area (Å²) in [4.78, 5) is 15.2. The molecule has 0 aliphatic carbocycles. The van der Waals surface area contributed by atoms with E-state index in [0.29, 0.717) is 17.5 Å². The van der Waals surface area contributed by atoms with E-state index in [4.69, 9.17) is 15.0 Å². The second-order valence-corrected chi connectivity index (χ2v) is 12.8. The van der Waals surface area contributed by atoms with Gasteiger partial charge >= 0.3 is 0 Å². The molecular formula is C43H27N3S. The van der Waals surface area contributed by atoms with Crippen molar-refractivity contribution in [3.63, 3.8) is 0 Å². The highest BCUT2D eigenvalue weighted by Crippen LogP contribution is 2.41. The summed E-state index contributed by atoms with van der Waals surface area (Å²) in [6, 6.07) is 57.5. The van der Waals surface area contributed by atoms with Gasteiger partial charge in [0.15, 0.2) is 17.5 Å². The van der Waals surface area contributed by atoms with Crippen LogP contribution >= 0.6 is 11.3 Å². The van der Waals surface area contributed by atoms with E-state index in [1.54, 1.807) is 0 Å². The standard InChI is InChI=1S/C43H27N3S/c1-3-10-28(11-4-1)35-24-25-36-39(27-35)47-38-17-9-16-37(40(36)38)43-45-41(31-13-5-2-6-14-31)44-42(46-43)32-21-18-30(19-22-32)34-23-20-29-12-7-8-15-33(29)26-34/h1-27H. The van der Waals surface area contributed by atoms with Crippen molar-refractivity contribution in [3.8, 4) is 56.4 Å². The summed E-state index contributed by atoms with van der Waals surface area (Å²) in [6.45, 7) is 0. The topological polar surface area (TPSA) is 38.7 Å². The molecule has 0 saturated heterocycles. The predicted molar refractivity (Wildman–Crippen MR) is 197 cm³/mol. The molecule has 9 aromatic rings.